The van der Waals surface area contributed by atoms with E-state index in [0.717, 1.165) is 16.5 Å². The highest BCUT2D eigenvalue weighted by molar-refractivity contribution is 5.99. The molecule has 7 heteroatoms. The van der Waals surface area contributed by atoms with Crippen LogP contribution in [0.2, 0.25) is 0 Å². The van der Waals surface area contributed by atoms with Gasteiger partial charge in [-0.1, -0.05) is 36.4 Å². The Balaban J connectivity index is 1.66. The first-order valence-electron chi connectivity index (χ1n) is 8.32. The van der Waals surface area contributed by atoms with Gasteiger partial charge in [-0.3, -0.25) is 14.9 Å². The van der Waals surface area contributed by atoms with Crippen LogP contribution < -0.4 is 5.43 Å². The number of nitro benzene ring substituents is 1. The smallest absolute Gasteiger partial charge is 0.269 e. The standard InChI is InChI=1S/C20H18N4O3/c1-2-11-23-14-16(18-5-3-4-6-19(18)23)13-21-22-20(25)12-15-7-9-17(10-8-15)24(26)27/h2-10,13-14H,1,11-12H2,(H,22,25)/b21-13-. The third-order valence-corrected chi connectivity index (χ3v) is 4.05. The molecule has 2 aromatic carbocycles. The molecule has 1 N–H and O–H groups in total. The number of aromatic nitrogens is 1. The number of para-hydroxylation sites is 1. The van der Waals surface area contributed by atoms with Crippen LogP contribution in [0.5, 0.6) is 0 Å². The molecule has 1 heterocycles. The Morgan fingerprint density at radius 3 is 2.67 bits per heavy atom. The van der Waals surface area contributed by atoms with Gasteiger partial charge in [0, 0.05) is 41.3 Å². The summed E-state index contributed by atoms with van der Waals surface area (Å²) in [5.41, 5.74) is 5.12. The van der Waals surface area contributed by atoms with E-state index in [2.05, 4.69) is 21.7 Å². The number of nitrogens with zero attached hydrogens (tertiary/aromatic N) is 3. The minimum atomic E-state index is -0.475. The second-order valence-corrected chi connectivity index (χ2v) is 5.94. The molecule has 3 aromatic rings. The molecule has 0 aliphatic carbocycles. The molecule has 0 unspecified atom stereocenters. The maximum absolute atomic E-state index is 12.0. The number of rotatable bonds is 7. The monoisotopic (exact) mass is 362 g/mol. The number of nitro groups is 1. The van der Waals surface area contributed by atoms with Crippen molar-refractivity contribution in [3.05, 3.63) is 88.6 Å². The molecule has 1 amide bonds. The molecule has 0 spiro atoms. The maximum atomic E-state index is 12.0. The van der Waals surface area contributed by atoms with Gasteiger partial charge in [0.15, 0.2) is 0 Å². The second kappa shape index (κ2) is 8.09. The average Bonchev–Trinajstić information content (AvgIpc) is 3.00. The van der Waals surface area contributed by atoms with Crippen molar-refractivity contribution in [2.24, 2.45) is 5.10 Å². The number of non-ortho nitro benzene ring substituents is 1. The molecule has 136 valence electrons. The van der Waals surface area contributed by atoms with E-state index in [4.69, 9.17) is 0 Å². The Morgan fingerprint density at radius 1 is 1.22 bits per heavy atom. The molecule has 0 aliphatic heterocycles. The van der Waals surface area contributed by atoms with Crippen molar-refractivity contribution in [3.63, 3.8) is 0 Å². The minimum Gasteiger partial charge on any atom is -0.343 e. The molecule has 0 fully saturated rings. The fraction of sp³-hybridized carbons (Fsp3) is 0.100. The van der Waals surface area contributed by atoms with Gasteiger partial charge < -0.3 is 4.57 Å². The first-order valence-corrected chi connectivity index (χ1v) is 8.32. The molecule has 1 aromatic heterocycles. The lowest BCUT2D eigenvalue weighted by molar-refractivity contribution is -0.384. The van der Waals surface area contributed by atoms with Crippen LogP contribution in [0.4, 0.5) is 5.69 Å². The maximum Gasteiger partial charge on any atom is 0.269 e. The number of nitrogens with one attached hydrogen (secondary N) is 1. The van der Waals surface area contributed by atoms with Gasteiger partial charge in [0.1, 0.15) is 0 Å². The third-order valence-electron chi connectivity index (χ3n) is 4.05. The van der Waals surface area contributed by atoms with E-state index < -0.39 is 4.92 Å². The molecular formula is C20H18N4O3. The summed E-state index contributed by atoms with van der Waals surface area (Å²) in [6.07, 6.45) is 5.47. The largest absolute Gasteiger partial charge is 0.343 e. The first-order chi connectivity index (χ1) is 13.1. The normalized spacial score (nSPS) is 11.0. The van der Waals surface area contributed by atoms with Crippen LogP contribution in [0.3, 0.4) is 0 Å². The highest BCUT2D eigenvalue weighted by Crippen LogP contribution is 2.20. The predicted molar refractivity (Wildman–Crippen MR) is 105 cm³/mol. The zero-order valence-electron chi connectivity index (χ0n) is 14.5. The van der Waals surface area contributed by atoms with Gasteiger partial charge in [-0.05, 0) is 11.6 Å². The van der Waals surface area contributed by atoms with E-state index in [-0.39, 0.29) is 18.0 Å². The van der Waals surface area contributed by atoms with Crippen molar-refractivity contribution in [2.45, 2.75) is 13.0 Å². The summed E-state index contributed by atoms with van der Waals surface area (Å²) in [6.45, 7) is 4.44. The van der Waals surface area contributed by atoms with Gasteiger partial charge in [-0.15, -0.1) is 6.58 Å². The van der Waals surface area contributed by atoms with Crippen molar-refractivity contribution < 1.29 is 9.72 Å². The lowest BCUT2D eigenvalue weighted by Crippen LogP contribution is -2.19. The molecule has 0 bridgehead atoms. The van der Waals surface area contributed by atoms with E-state index in [1.807, 2.05) is 36.5 Å². The van der Waals surface area contributed by atoms with Crippen molar-refractivity contribution >= 4 is 28.7 Å². The van der Waals surface area contributed by atoms with E-state index in [9.17, 15) is 14.9 Å². The Bertz CT molecular complexity index is 1020. The fourth-order valence-corrected chi connectivity index (χ4v) is 2.80. The topological polar surface area (TPSA) is 89.5 Å². The molecular weight excluding hydrogens is 344 g/mol. The fourth-order valence-electron chi connectivity index (χ4n) is 2.80. The van der Waals surface area contributed by atoms with Crippen LogP contribution >= 0.6 is 0 Å². The Kier molecular flexibility index (Phi) is 5.41. The number of hydrogen-bond donors (Lipinski definition) is 1. The van der Waals surface area contributed by atoms with Crippen LogP contribution in [0.25, 0.3) is 10.9 Å². The summed E-state index contributed by atoms with van der Waals surface area (Å²) >= 11 is 0. The molecule has 0 aliphatic rings. The van der Waals surface area contributed by atoms with Crippen LogP contribution in [0.1, 0.15) is 11.1 Å². The van der Waals surface area contributed by atoms with Gasteiger partial charge in [-0.2, -0.15) is 5.10 Å². The number of carbonyl (C=O) groups is 1. The third kappa shape index (κ3) is 4.27. The highest BCUT2D eigenvalue weighted by Gasteiger charge is 2.08. The predicted octanol–water partition coefficient (Wildman–Crippen LogP) is 3.43. The molecule has 0 atom stereocenters. The minimum absolute atomic E-state index is 0.00640. The Hall–Kier alpha value is -3.74. The highest BCUT2D eigenvalue weighted by atomic mass is 16.6. The second-order valence-electron chi connectivity index (χ2n) is 5.94. The molecule has 0 radical (unpaired) electrons. The van der Waals surface area contributed by atoms with Crippen LogP contribution in [-0.2, 0) is 17.8 Å². The molecule has 3 rings (SSSR count). The van der Waals surface area contributed by atoms with Crippen molar-refractivity contribution in [1.82, 2.24) is 9.99 Å². The lowest BCUT2D eigenvalue weighted by Gasteiger charge is -2.00. The van der Waals surface area contributed by atoms with Gasteiger partial charge in [0.2, 0.25) is 5.91 Å². The number of hydrazone groups is 1. The Morgan fingerprint density at radius 2 is 1.96 bits per heavy atom. The van der Waals surface area contributed by atoms with Crippen molar-refractivity contribution in [1.29, 1.82) is 0 Å². The number of carbonyl (C=O) groups excluding carboxylic acids is 1. The number of allylic oxidation sites excluding steroid dienone is 1. The number of amides is 1. The summed E-state index contributed by atoms with van der Waals surface area (Å²) in [4.78, 5) is 22.2. The van der Waals surface area contributed by atoms with E-state index in [0.29, 0.717) is 12.1 Å². The van der Waals surface area contributed by atoms with Gasteiger partial charge >= 0.3 is 0 Å². The summed E-state index contributed by atoms with van der Waals surface area (Å²) in [5.74, 6) is -0.296. The van der Waals surface area contributed by atoms with Gasteiger partial charge in [0.05, 0.1) is 17.6 Å². The zero-order chi connectivity index (χ0) is 19.2. The molecule has 27 heavy (non-hydrogen) atoms. The van der Waals surface area contributed by atoms with Gasteiger partial charge in [0.25, 0.3) is 5.69 Å². The summed E-state index contributed by atoms with van der Waals surface area (Å²) in [7, 11) is 0. The van der Waals surface area contributed by atoms with Crippen molar-refractivity contribution in [2.75, 3.05) is 0 Å². The van der Waals surface area contributed by atoms with E-state index in [1.165, 1.54) is 12.1 Å². The van der Waals surface area contributed by atoms with Gasteiger partial charge in [-0.25, -0.2) is 5.43 Å². The van der Waals surface area contributed by atoms with Crippen LogP contribution in [0.15, 0.2) is 72.5 Å². The number of hydrogen-bond acceptors (Lipinski definition) is 4. The number of benzene rings is 2. The van der Waals surface area contributed by atoms with Crippen LogP contribution in [0, 0.1) is 10.1 Å². The number of fused-ring (bicyclic) bond motifs is 1. The average molecular weight is 362 g/mol. The summed E-state index contributed by atoms with van der Waals surface area (Å²) in [5, 5.41) is 15.7. The lowest BCUT2D eigenvalue weighted by atomic mass is 10.1. The zero-order valence-corrected chi connectivity index (χ0v) is 14.5. The summed E-state index contributed by atoms with van der Waals surface area (Å²) < 4.78 is 2.06. The van der Waals surface area contributed by atoms with Crippen molar-refractivity contribution in [3.8, 4) is 0 Å². The quantitative estimate of drug-likeness (QED) is 0.302. The molecule has 7 nitrogen and oxygen atoms in total. The molecule has 0 saturated carbocycles. The Labute approximate surface area is 155 Å². The summed E-state index contributed by atoms with van der Waals surface area (Å²) in [6, 6.07) is 13.8. The SMILES string of the molecule is C=CCn1cc(/C=N\NC(=O)Cc2ccc([N+](=O)[O-])cc2)c2ccccc21. The van der Waals surface area contributed by atoms with E-state index >= 15 is 0 Å². The molecule has 0 saturated heterocycles. The van der Waals surface area contributed by atoms with E-state index in [1.54, 1.807) is 18.3 Å². The first kappa shape index (κ1) is 18.1. The van der Waals surface area contributed by atoms with Crippen LogP contribution in [-0.4, -0.2) is 21.6 Å².